The number of morpholine rings is 1. The minimum Gasteiger partial charge on any atom is -0.461 e. The Morgan fingerprint density at radius 1 is 1.17 bits per heavy atom. The number of aromatic nitrogens is 3. The predicted octanol–water partition coefficient (Wildman–Crippen LogP) is 3.63. The first-order chi connectivity index (χ1) is 14.7. The second-order valence-electron chi connectivity index (χ2n) is 8.00. The molecule has 3 aromatic rings. The van der Waals surface area contributed by atoms with Crippen LogP contribution in [0.25, 0.3) is 22.4 Å². The minimum absolute atomic E-state index is 0.157. The van der Waals surface area contributed by atoms with Crippen LogP contribution >= 0.6 is 11.6 Å². The number of anilines is 1. The first-order valence-corrected chi connectivity index (χ1v) is 10.9. The molecule has 2 aliphatic heterocycles. The van der Waals surface area contributed by atoms with E-state index in [1.807, 2.05) is 6.07 Å². The van der Waals surface area contributed by atoms with Crippen molar-refractivity contribution in [1.82, 2.24) is 20.3 Å². The highest BCUT2D eigenvalue weighted by Crippen LogP contribution is 2.31. The molecular weight excluding hydrogens is 402 g/mol. The highest BCUT2D eigenvalue weighted by atomic mass is 35.5. The van der Waals surface area contributed by atoms with Crippen molar-refractivity contribution in [2.45, 2.75) is 31.9 Å². The maximum absolute atomic E-state index is 6.56. The Morgan fingerprint density at radius 2 is 1.97 bits per heavy atom. The Balaban J connectivity index is 1.37. The highest BCUT2D eigenvalue weighted by molar-refractivity contribution is 6.33. The van der Waals surface area contributed by atoms with Gasteiger partial charge in [0.05, 0.1) is 29.4 Å². The number of fused-ring (bicyclic) bond motifs is 1. The number of pyridine rings is 1. The monoisotopic (exact) mass is 427 g/mol. The van der Waals surface area contributed by atoms with Gasteiger partial charge in [-0.15, -0.1) is 0 Å². The van der Waals surface area contributed by atoms with E-state index in [-0.39, 0.29) is 6.10 Å². The lowest BCUT2D eigenvalue weighted by molar-refractivity contribution is 0.122. The van der Waals surface area contributed by atoms with Gasteiger partial charge >= 0.3 is 0 Å². The molecule has 0 radical (unpaired) electrons. The highest BCUT2D eigenvalue weighted by Gasteiger charge is 2.21. The summed E-state index contributed by atoms with van der Waals surface area (Å²) in [6, 6.07) is 11.2. The molecule has 0 saturated carbocycles. The van der Waals surface area contributed by atoms with Crippen LogP contribution in [0.1, 0.15) is 19.8 Å². The molecule has 2 aromatic heterocycles. The van der Waals surface area contributed by atoms with Crippen LogP contribution in [0.2, 0.25) is 5.02 Å². The molecule has 0 unspecified atom stereocenters. The van der Waals surface area contributed by atoms with Gasteiger partial charge < -0.3 is 24.7 Å². The van der Waals surface area contributed by atoms with Gasteiger partial charge in [0.25, 0.3) is 6.01 Å². The van der Waals surface area contributed by atoms with Crippen LogP contribution in [-0.4, -0.2) is 59.9 Å². The van der Waals surface area contributed by atoms with E-state index in [2.05, 4.69) is 51.4 Å². The second kappa shape index (κ2) is 8.41. The zero-order chi connectivity index (χ0) is 20.5. The molecule has 0 amide bonds. The maximum Gasteiger partial charge on any atom is 0.296 e. The molecule has 158 valence electrons. The number of hydrogen-bond acceptors (Lipinski definition) is 6. The van der Waals surface area contributed by atoms with Crippen molar-refractivity contribution in [3.8, 4) is 17.3 Å². The number of nitrogens with one attached hydrogen (secondary N) is 2. The van der Waals surface area contributed by atoms with Crippen molar-refractivity contribution in [2.24, 2.45) is 0 Å². The molecule has 0 spiro atoms. The largest absolute Gasteiger partial charge is 0.461 e. The number of nitrogens with zero attached hydrogens (tertiary/aromatic N) is 3. The first kappa shape index (κ1) is 19.6. The molecule has 4 heterocycles. The average molecular weight is 428 g/mol. The maximum atomic E-state index is 6.56. The number of aromatic amines is 1. The molecule has 2 fully saturated rings. The van der Waals surface area contributed by atoms with Gasteiger partial charge in [-0.2, -0.15) is 4.98 Å². The fourth-order valence-electron chi connectivity index (χ4n) is 4.16. The van der Waals surface area contributed by atoms with E-state index in [9.17, 15) is 0 Å². The number of H-pyrrole nitrogens is 1. The molecule has 7 nitrogen and oxygen atoms in total. The van der Waals surface area contributed by atoms with Crippen LogP contribution < -0.4 is 15.0 Å². The fraction of sp³-hybridized carbons (Fsp3) is 0.455. The fourth-order valence-corrected chi connectivity index (χ4v) is 4.42. The predicted molar refractivity (Wildman–Crippen MR) is 118 cm³/mol. The Morgan fingerprint density at radius 3 is 2.73 bits per heavy atom. The molecule has 2 saturated heterocycles. The third-order valence-electron chi connectivity index (χ3n) is 5.78. The number of ether oxygens (including phenoxy) is 2. The third-order valence-corrected chi connectivity index (χ3v) is 6.06. The first-order valence-electron chi connectivity index (χ1n) is 10.5. The summed E-state index contributed by atoms with van der Waals surface area (Å²) in [5.41, 5.74) is 4.28. The topological polar surface area (TPSA) is 75.3 Å². The van der Waals surface area contributed by atoms with Crippen LogP contribution in [0, 0.1) is 0 Å². The van der Waals surface area contributed by atoms with E-state index >= 15 is 0 Å². The molecule has 0 bridgehead atoms. The van der Waals surface area contributed by atoms with Gasteiger partial charge in [-0.3, -0.25) is 0 Å². The van der Waals surface area contributed by atoms with Gasteiger partial charge in [0, 0.05) is 30.4 Å². The van der Waals surface area contributed by atoms with Gasteiger partial charge in [0.15, 0.2) is 5.65 Å². The molecule has 8 heteroatoms. The molecule has 2 N–H and O–H groups in total. The van der Waals surface area contributed by atoms with Gasteiger partial charge in [-0.25, -0.2) is 4.98 Å². The third kappa shape index (κ3) is 4.10. The van der Waals surface area contributed by atoms with E-state index in [1.165, 1.54) is 5.69 Å². The Labute approximate surface area is 180 Å². The average Bonchev–Trinajstić information content (AvgIpc) is 3.15. The van der Waals surface area contributed by atoms with E-state index < -0.39 is 0 Å². The summed E-state index contributed by atoms with van der Waals surface area (Å²) in [5, 5.41) is 4.02. The van der Waals surface area contributed by atoms with E-state index in [4.69, 9.17) is 26.1 Å². The summed E-state index contributed by atoms with van der Waals surface area (Å²) in [7, 11) is 0. The molecule has 30 heavy (non-hydrogen) atoms. The lowest BCUT2D eigenvalue weighted by atomic mass is 10.0. The van der Waals surface area contributed by atoms with Gasteiger partial charge in [0.1, 0.15) is 6.10 Å². The van der Waals surface area contributed by atoms with Crippen molar-refractivity contribution >= 4 is 28.5 Å². The summed E-state index contributed by atoms with van der Waals surface area (Å²) >= 11 is 6.56. The van der Waals surface area contributed by atoms with E-state index in [1.54, 1.807) is 0 Å². The van der Waals surface area contributed by atoms with Crippen LogP contribution in [0.15, 0.2) is 30.3 Å². The van der Waals surface area contributed by atoms with Crippen LogP contribution in [0.5, 0.6) is 6.01 Å². The van der Waals surface area contributed by atoms with Crippen LogP contribution in [-0.2, 0) is 4.74 Å². The summed E-state index contributed by atoms with van der Waals surface area (Å²) in [4.78, 5) is 14.8. The number of halogens is 1. The SMILES string of the molecule is C[C@@H]1C[C@@H](Oc2nc3nc(-c4ccc(N5CCOCC5)cc4)c(Cl)cc3[nH]2)CCN1. The van der Waals surface area contributed by atoms with Crippen molar-refractivity contribution in [3.05, 3.63) is 35.4 Å². The lowest BCUT2D eigenvalue weighted by Gasteiger charge is -2.28. The van der Waals surface area contributed by atoms with Crippen LogP contribution in [0.3, 0.4) is 0 Å². The van der Waals surface area contributed by atoms with Crippen molar-refractivity contribution in [3.63, 3.8) is 0 Å². The van der Waals surface area contributed by atoms with Gasteiger partial charge in [0.2, 0.25) is 0 Å². The number of hydrogen-bond donors (Lipinski definition) is 2. The quantitative estimate of drug-likeness (QED) is 0.662. The Hall–Kier alpha value is -2.35. The summed E-state index contributed by atoms with van der Waals surface area (Å²) in [6.07, 6.45) is 2.09. The second-order valence-corrected chi connectivity index (χ2v) is 8.40. The number of imidazole rings is 1. The normalized spacial score (nSPS) is 22.4. The summed E-state index contributed by atoms with van der Waals surface area (Å²) in [5.74, 6) is 0. The molecular formula is C22H26ClN5O2. The molecule has 0 aliphatic carbocycles. The van der Waals surface area contributed by atoms with Crippen molar-refractivity contribution in [2.75, 3.05) is 37.7 Å². The van der Waals surface area contributed by atoms with Crippen LogP contribution in [0.4, 0.5) is 5.69 Å². The lowest BCUT2D eigenvalue weighted by Crippen LogP contribution is -2.40. The number of rotatable bonds is 4. The number of benzene rings is 1. The van der Waals surface area contributed by atoms with Crippen molar-refractivity contribution in [1.29, 1.82) is 0 Å². The van der Waals surface area contributed by atoms with Crippen molar-refractivity contribution < 1.29 is 9.47 Å². The Bertz CT molecular complexity index is 1020. The zero-order valence-corrected chi connectivity index (χ0v) is 17.8. The smallest absolute Gasteiger partial charge is 0.296 e. The Kier molecular flexibility index (Phi) is 5.50. The molecule has 1 aromatic carbocycles. The summed E-state index contributed by atoms with van der Waals surface area (Å²) < 4.78 is 11.5. The molecule has 5 rings (SSSR count). The van der Waals surface area contributed by atoms with E-state index in [0.717, 1.165) is 62.5 Å². The molecule has 2 aliphatic rings. The van der Waals surface area contributed by atoms with Gasteiger partial charge in [-0.1, -0.05) is 23.7 Å². The minimum atomic E-state index is 0.157. The summed E-state index contributed by atoms with van der Waals surface area (Å²) in [6.45, 7) is 6.50. The molecule has 2 atom stereocenters. The zero-order valence-electron chi connectivity index (χ0n) is 17.0. The van der Waals surface area contributed by atoms with Gasteiger partial charge in [-0.05, 0) is 44.5 Å². The number of piperidine rings is 1. The van der Waals surface area contributed by atoms with E-state index in [0.29, 0.717) is 22.7 Å². The standard InChI is InChI=1S/C22H26ClN5O2/c1-14-12-17(6-7-24-14)30-22-25-19-13-18(23)20(26-21(19)27-22)15-2-4-16(5-3-15)28-8-10-29-11-9-28/h2-5,13-14,17,24H,6-12H2,1H3,(H,25,26,27)/t14-,17+/m1/s1.